The molecule has 5 nitrogen and oxygen atoms in total. The van der Waals surface area contributed by atoms with Gasteiger partial charge in [0.05, 0.1) is 0 Å². The third kappa shape index (κ3) is 9.92. The number of hydrogen-bond donors (Lipinski definition) is 1. The predicted molar refractivity (Wildman–Crippen MR) is 105 cm³/mol. The average molecular weight is 376 g/mol. The molecule has 27 heavy (non-hydrogen) atoms. The highest BCUT2D eigenvalue weighted by atomic mass is 16.5. The van der Waals surface area contributed by atoms with E-state index in [0.717, 1.165) is 38.5 Å². The second-order valence-corrected chi connectivity index (χ2v) is 6.97. The Balaban J connectivity index is 2.56. The first-order valence-electron chi connectivity index (χ1n) is 9.88. The molecular formula is C22H32O5. The Hall–Kier alpha value is -2.17. The standard InChI is InChI=1S/C22H32O5/c1-3-4-7-11-19(27-17(2)23)14-15-20-18(13-16-21(20)24)10-8-5-6-9-12-22(25)26/h5,8,13-16,18-20H,3-4,6-7,9-12H2,1-2H3,(H,25,26)/t18-,19-,20+/m0/s1. The summed E-state index contributed by atoms with van der Waals surface area (Å²) in [4.78, 5) is 33.9. The number of aliphatic carboxylic acids is 1. The van der Waals surface area contributed by atoms with E-state index in [1.807, 2.05) is 30.4 Å². The molecule has 1 aliphatic carbocycles. The van der Waals surface area contributed by atoms with E-state index in [9.17, 15) is 14.4 Å². The number of carboxylic acids is 1. The minimum atomic E-state index is -0.779. The van der Waals surface area contributed by atoms with Gasteiger partial charge in [-0.1, -0.05) is 44.1 Å². The van der Waals surface area contributed by atoms with Gasteiger partial charge in [-0.3, -0.25) is 14.4 Å². The van der Waals surface area contributed by atoms with Crippen molar-refractivity contribution in [1.82, 2.24) is 0 Å². The Bertz CT molecular complexity index is 573. The highest BCUT2D eigenvalue weighted by Crippen LogP contribution is 2.27. The van der Waals surface area contributed by atoms with Crippen LogP contribution in [-0.2, 0) is 19.1 Å². The highest BCUT2D eigenvalue weighted by Gasteiger charge is 2.27. The number of unbranched alkanes of at least 4 members (excludes halogenated alkanes) is 3. The number of carbonyl (C=O) groups excluding carboxylic acids is 2. The van der Waals surface area contributed by atoms with Gasteiger partial charge in [0.15, 0.2) is 5.78 Å². The van der Waals surface area contributed by atoms with E-state index in [1.54, 1.807) is 6.08 Å². The van der Waals surface area contributed by atoms with Gasteiger partial charge < -0.3 is 9.84 Å². The third-order valence-electron chi connectivity index (χ3n) is 4.58. The minimum Gasteiger partial charge on any atom is -0.481 e. The summed E-state index contributed by atoms with van der Waals surface area (Å²) < 4.78 is 5.35. The van der Waals surface area contributed by atoms with E-state index in [-0.39, 0.29) is 36.1 Å². The van der Waals surface area contributed by atoms with Crippen LogP contribution in [0.1, 0.15) is 65.2 Å². The van der Waals surface area contributed by atoms with Gasteiger partial charge in [0.25, 0.3) is 0 Å². The van der Waals surface area contributed by atoms with Crippen LogP contribution in [0.4, 0.5) is 0 Å². The van der Waals surface area contributed by atoms with Crippen molar-refractivity contribution in [1.29, 1.82) is 0 Å². The molecule has 150 valence electrons. The number of carboxylic acid groups (broad SMARTS) is 1. The largest absolute Gasteiger partial charge is 0.481 e. The zero-order chi connectivity index (χ0) is 20.1. The predicted octanol–water partition coefficient (Wildman–Crippen LogP) is 4.63. The fourth-order valence-corrected chi connectivity index (χ4v) is 3.11. The zero-order valence-corrected chi connectivity index (χ0v) is 16.4. The van der Waals surface area contributed by atoms with Gasteiger partial charge in [-0.15, -0.1) is 0 Å². The van der Waals surface area contributed by atoms with Crippen molar-refractivity contribution in [3.8, 4) is 0 Å². The van der Waals surface area contributed by atoms with Crippen LogP contribution in [0.2, 0.25) is 0 Å². The summed E-state index contributed by atoms with van der Waals surface area (Å²) in [7, 11) is 0. The van der Waals surface area contributed by atoms with Crippen molar-refractivity contribution in [2.45, 2.75) is 71.3 Å². The smallest absolute Gasteiger partial charge is 0.303 e. The number of esters is 1. The molecule has 0 unspecified atom stereocenters. The van der Waals surface area contributed by atoms with Gasteiger partial charge in [-0.2, -0.15) is 0 Å². The summed E-state index contributed by atoms with van der Waals surface area (Å²) in [6, 6.07) is 0. The molecule has 0 saturated heterocycles. The maximum atomic E-state index is 12.2. The molecule has 3 atom stereocenters. The van der Waals surface area contributed by atoms with Crippen molar-refractivity contribution in [3.63, 3.8) is 0 Å². The first kappa shape index (κ1) is 22.9. The minimum absolute atomic E-state index is 0.0747. The van der Waals surface area contributed by atoms with E-state index in [2.05, 4.69) is 6.92 Å². The van der Waals surface area contributed by atoms with E-state index < -0.39 is 5.97 Å². The molecular weight excluding hydrogens is 344 g/mol. The number of carbonyl (C=O) groups is 3. The quantitative estimate of drug-likeness (QED) is 0.288. The molecule has 0 radical (unpaired) electrons. The molecule has 0 amide bonds. The third-order valence-corrected chi connectivity index (χ3v) is 4.58. The molecule has 1 aliphatic rings. The van der Waals surface area contributed by atoms with Crippen molar-refractivity contribution in [2.75, 3.05) is 0 Å². The Morgan fingerprint density at radius 1 is 1.26 bits per heavy atom. The molecule has 0 aromatic carbocycles. The van der Waals surface area contributed by atoms with Gasteiger partial charge in [-0.25, -0.2) is 0 Å². The lowest BCUT2D eigenvalue weighted by molar-refractivity contribution is -0.144. The van der Waals surface area contributed by atoms with E-state index in [0.29, 0.717) is 6.42 Å². The fraction of sp³-hybridized carbons (Fsp3) is 0.591. The van der Waals surface area contributed by atoms with Crippen LogP contribution in [0.3, 0.4) is 0 Å². The van der Waals surface area contributed by atoms with Crippen molar-refractivity contribution < 1.29 is 24.2 Å². The summed E-state index contributed by atoms with van der Waals surface area (Å²) in [6.07, 6.45) is 17.2. The number of ketones is 1. The van der Waals surface area contributed by atoms with Crippen LogP contribution in [0.15, 0.2) is 36.5 Å². The molecule has 0 spiro atoms. The van der Waals surface area contributed by atoms with Crippen LogP contribution >= 0.6 is 0 Å². The summed E-state index contributed by atoms with van der Waals surface area (Å²) in [5.74, 6) is -1.14. The zero-order valence-electron chi connectivity index (χ0n) is 16.4. The number of rotatable bonds is 13. The molecule has 1 N–H and O–H groups in total. The molecule has 0 saturated carbocycles. The summed E-state index contributed by atoms with van der Waals surface area (Å²) in [5, 5.41) is 8.62. The second-order valence-electron chi connectivity index (χ2n) is 6.97. The fourth-order valence-electron chi connectivity index (χ4n) is 3.11. The van der Waals surface area contributed by atoms with Crippen molar-refractivity contribution >= 4 is 17.7 Å². The highest BCUT2D eigenvalue weighted by molar-refractivity contribution is 5.95. The summed E-state index contributed by atoms with van der Waals surface area (Å²) in [6.45, 7) is 3.53. The first-order chi connectivity index (χ1) is 12.9. The average Bonchev–Trinajstić information content (AvgIpc) is 2.95. The maximum absolute atomic E-state index is 12.2. The van der Waals surface area contributed by atoms with Crippen LogP contribution in [-0.4, -0.2) is 28.9 Å². The van der Waals surface area contributed by atoms with Crippen LogP contribution in [0, 0.1) is 11.8 Å². The van der Waals surface area contributed by atoms with Crippen LogP contribution in [0.25, 0.3) is 0 Å². The monoisotopic (exact) mass is 376 g/mol. The molecule has 0 heterocycles. The Labute approximate surface area is 162 Å². The van der Waals surface area contributed by atoms with Gasteiger partial charge in [0, 0.05) is 19.3 Å². The van der Waals surface area contributed by atoms with E-state index >= 15 is 0 Å². The molecule has 5 heteroatoms. The lowest BCUT2D eigenvalue weighted by Crippen LogP contribution is -2.17. The number of allylic oxidation sites excluding steroid dienone is 5. The molecule has 0 fully saturated rings. The van der Waals surface area contributed by atoms with E-state index in [1.165, 1.54) is 6.92 Å². The molecule has 0 aromatic rings. The molecule has 0 aromatic heterocycles. The summed E-state index contributed by atoms with van der Waals surface area (Å²) in [5.41, 5.74) is 0. The lowest BCUT2D eigenvalue weighted by Gasteiger charge is -2.16. The van der Waals surface area contributed by atoms with Gasteiger partial charge in [-0.05, 0) is 50.2 Å². The summed E-state index contributed by atoms with van der Waals surface area (Å²) >= 11 is 0. The lowest BCUT2D eigenvalue weighted by atomic mass is 9.90. The van der Waals surface area contributed by atoms with Gasteiger partial charge in [0.2, 0.25) is 0 Å². The van der Waals surface area contributed by atoms with Crippen LogP contribution in [0.5, 0.6) is 0 Å². The molecule has 0 bridgehead atoms. The normalized spacial score (nSPS) is 20.6. The maximum Gasteiger partial charge on any atom is 0.303 e. The SMILES string of the molecule is CCCCC[C@@H](C=C[C@H]1C(=O)C=C[C@@H]1CC=CCCCC(=O)O)OC(C)=O. The number of hydrogen-bond acceptors (Lipinski definition) is 4. The second kappa shape index (κ2) is 13.1. The number of ether oxygens (including phenoxy) is 1. The van der Waals surface area contributed by atoms with E-state index in [4.69, 9.17) is 9.84 Å². The Morgan fingerprint density at radius 3 is 2.70 bits per heavy atom. The molecule has 1 rings (SSSR count). The Kier molecular flexibility index (Phi) is 11.1. The van der Waals surface area contributed by atoms with Crippen LogP contribution < -0.4 is 0 Å². The van der Waals surface area contributed by atoms with Gasteiger partial charge >= 0.3 is 11.9 Å². The topological polar surface area (TPSA) is 80.7 Å². The van der Waals surface area contributed by atoms with Crippen molar-refractivity contribution in [3.05, 3.63) is 36.5 Å². The van der Waals surface area contributed by atoms with Crippen molar-refractivity contribution in [2.24, 2.45) is 11.8 Å². The Morgan fingerprint density at radius 2 is 2.04 bits per heavy atom. The first-order valence-corrected chi connectivity index (χ1v) is 9.88. The molecule has 0 aliphatic heterocycles. The van der Waals surface area contributed by atoms with Gasteiger partial charge in [0.1, 0.15) is 6.10 Å².